The number of hydrogen-bond acceptors (Lipinski definition) is 2. The maximum Gasteiger partial charge on any atom is 0.529 e. The Labute approximate surface area is 103 Å². The molecule has 0 heterocycles. The first-order valence-electron chi connectivity index (χ1n) is 4.84. The molecule has 3 nitrogen and oxygen atoms in total. The van der Waals surface area contributed by atoms with E-state index in [1.165, 1.54) is 0 Å². The maximum atomic E-state index is 5.66. The fourth-order valence-electron chi connectivity index (χ4n) is 0.288. The molecule has 0 saturated carbocycles. The van der Waals surface area contributed by atoms with Gasteiger partial charge in [0.25, 0.3) is 0 Å². The molecule has 0 unspecified atom stereocenters. The van der Waals surface area contributed by atoms with Gasteiger partial charge in [0.1, 0.15) is 14.2 Å². The summed E-state index contributed by atoms with van der Waals surface area (Å²) >= 11 is 0. The van der Waals surface area contributed by atoms with E-state index in [0.717, 1.165) is 9.52 Å². The lowest BCUT2D eigenvalue weighted by molar-refractivity contribution is 0.0682. The highest BCUT2D eigenvalue weighted by molar-refractivity contribution is 6.70. The van der Waals surface area contributed by atoms with Crippen LogP contribution in [0.2, 0.25) is 39.3 Å². The van der Waals surface area contributed by atoms with E-state index in [1.54, 1.807) is 0 Å². The standard InChI is InChI=1S/C6H18O3Si3.C2H6Si/c1-9(2)12(5,6)8-10-7-11(3)4;1-3-2/h1-6H3;1-2H3/q+1;-1. The summed E-state index contributed by atoms with van der Waals surface area (Å²) in [5.41, 5.74) is 0. The monoisotopic (exact) mass is 280 g/mol. The zero-order valence-corrected chi connectivity index (χ0v) is 15.2. The van der Waals surface area contributed by atoms with Crippen molar-refractivity contribution in [3.8, 4) is 0 Å². The molecule has 7 heteroatoms. The van der Waals surface area contributed by atoms with E-state index in [9.17, 15) is 0 Å². The van der Waals surface area contributed by atoms with Crippen LogP contribution in [-0.2, 0) is 12.3 Å². The highest BCUT2D eigenvalue weighted by Crippen LogP contribution is 2.10. The van der Waals surface area contributed by atoms with E-state index in [1.807, 2.05) is 14.2 Å². The third-order valence-electron chi connectivity index (χ3n) is 1.52. The number of hydrogen-bond donors (Lipinski definition) is 0. The summed E-state index contributed by atoms with van der Waals surface area (Å²) in [6, 6.07) is 0. The minimum Gasteiger partial charge on any atom is -0.504 e. The van der Waals surface area contributed by atoms with Crippen molar-refractivity contribution in [2.45, 2.75) is 39.3 Å². The van der Waals surface area contributed by atoms with Crippen molar-refractivity contribution in [1.29, 1.82) is 0 Å². The fraction of sp³-hybridized carbons (Fsp3) is 1.00. The summed E-state index contributed by atoms with van der Waals surface area (Å²) in [5.74, 6) is 0. The summed E-state index contributed by atoms with van der Waals surface area (Å²) in [5, 5.41) is 0. The Kier molecular flexibility index (Phi) is 12.0. The van der Waals surface area contributed by atoms with Gasteiger partial charge in [-0.2, -0.15) is 0 Å². The quantitative estimate of drug-likeness (QED) is 0.568. The second kappa shape index (κ2) is 9.94. The van der Waals surface area contributed by atoms with Crippen LogP contribution in [0.25, 0.3) is 0 Å². The first kappa shape index (κ1) is 18.1. The largest absolute Gasteiger partial charge is 0.529 e. The van der Waals surface area contributed by atoms with Gasteiger partial charge in [-0.1, -0.05) is 0 Å². The molecule has 0 aromatic heterocycles. The molecular formula is C8H24O3Si4. The molecule has 0 N–H and O–H groups in total. The van der Waals surface area contributed by atoms with Crippen LogP contribution >= 0.6 is 0 Å². The van der Waals surface area contributed by atoms with Gasteiger partial charge in [-0.15, -0.1) is 0 Å². The van der Waals surface area contributed by atoms with Crippen molar-refractivity contribution in [1.82, 2.24) is 0 Å². The average molecular weight is 281 g/mol. The molecular weight excluding hydrogens is 256 g/mol. The van der Waals surface area contributed by atoms with Gasteiger partial charge >= 0.3 is 18.6 Å². The van der Waals surface area contributed by atoms with Crippen molar-refractivity contribution in [2.24, 2.45) is 0 Å². The van der Waals surface area contributed by atoms with Crippen LogP contribution in [-0.4, -0.2) is 51.3 Å². The smallest absolute Gasteiger partial charge is 0.504 e. The van der Waals surface area contributed by atoms with Gasteiger partial charge in [-0.3, -0.25) is 0 Å². The van der Waals surface area contributed by atoms with Crippen LogP contribution < -0.4 is 0 Å². The third-order valence-corrected chi connectivity index (χ3v) is 7.75. The second-order valence-electron chi connectivity index (χ2n) is 3.91. The molecule has 0 aliphatic heterocycles. The predicted octanol–water partition coefficient (Wildman–Crippen LogP) is 2.11. The maximum absolute atomic E-state index is 5.66. The van der Waals surface area contributed by atoms with Crippen LogP contribution in [0.3, 0.4) is 0 Å². The Bertz CT molecular complexity index is 142. The number of rotatable bonds is 5. The highest BCUT2D eigenvalue weighted by atomic mass is 28.4. The Hall–Kier alpha value is 0.748. The van der Waals surface area contributed by atoms with Crippen molar-refractivity contribution in [3.63, 3.8) is 0 Å². The van der Waals surface area contributed by atoms with Crippen molar-refractivity contribution in [2.75, 3.05) is 14.2 Å². The highest BCUT2D eigenvalue weighted by Gasteiger charge is 2.38. The molecule has 0 bridgehead atoms. The second-order valence-corrected chi connectivity index (χ2v) is 12.1. The van der Waals surface area contributed by atoms with Crippen LogP contribution in [0.4, 0.5) is 0 Å². The topological polar surface area (TPSA) is 21.2 Å². The lowest BCUT2D eigenvalue weighted by Gasteiger charge is -2.24. The van der Waals surface area contributed by atoms with E-state index < -0.39 is 17.6 Å². The van der Waals surface area contributed by atoms with Gasteiger partial charge in [0, 0.05) is 13.1 Å². The Morgan fingerprint density at radius 2 is 1.60 bits per heavy atom. The first-order valence-corrected chi connectivity index (χ1v) is 12.9. The summed E-state index contributed by atoms with van der Waals surface area (Å²) in [4.78, 5) is 0. The van der Waals surface area contributed by atoms with Gasteiger partial charge in [0.15, 0.2) is 9.04 Å². The average Bonchev–Trinajstić information content (AvgIpc) is 2.03. The summed E-state index contributed by atoms with van der Waals surface area (Å²) in [6.07, 6.45) is 0. The Morgan fingerprint density at radius 1 is 1.20 bits per heavy atom. The molecule has 0 amide bonds. The van der Waals surface area contributed by atoms with Crippen LogP contribution in [0.5, 0.6) is 0 Å². The summed E-state index contributed by atoms with van der Waals surface area (Å²) < 4.78 is 14.0. The van der Waals surface area contributed by atoms with Gasteiger partial charge in [-0.25, -0.2) is 13.1 Å². The predicted molar refractivity (Wildman–Crippen MR) is 73.3 cm³/mol. The lowest BCUT2D eigenvalue weighted by Crippen LogP contribution is -2.43. The minimum atomic E-state index is -1.69. The first-order chi connectivity index (χ1) is 6.77. The van der Waals surface area contributed by atoms with E-state index in [-0.39, 0.29) is 10.0 Å². The SMILES string of the molecule is C[O+](C)[Si](C)(C)O[Si]O[Si](C)C.C[Si-]C. The molecule has 0 aromatic rings. The van der Waals surface area contributed by atoms with Crippen molar-refractivity contribution >= 4 is 37.1 Å². The van der Waals surface area contributed by atoms with E-state index >= 15 is 0 Å². The summed E-state index contributed by atoms with van der Waals surface area (Å²) in [6.45, 7) is 12.8. The molecule has 0 aliphatic rings. The zero-order valence-electron chi connectivity index (χ0n) is 11.2. The van der Waals surface area contributed by atoms with Crippen molar-refractivity contribution < 1.29 is 12.3 Å². The van der Waals surface area contributed by atoms with E-state index in [0.29, 0.717) is 0 Å². The molecule has 0 aliphatic carbocycles. The van der Waals surface area contributed by atoms with Gasteiger partial charge in [0.2, 0.25) is 0 Å². The fourth-order valence-corrected chi connectivity index (χ4v) is 2.97. The van der Waals surface area contributed by atoms with Gasteiger partial charge in [-0.05, 0) is 13.1 Å². The molecule has 0 fully saturated rings. The molecule has 0 rings (SSSR count). The van der Waals surface area contributed by atoms with Gasteiger partial charge in [0.05, 0.1) is 0 Å². The van der Waals surface area contributed by atoms with E-state index in [4.69, 9.17) is 8.23 Å². The molecule has 0 saturated heterocycles. The summed E-state index contributed by atoms with van der Waals surface area (Å²) in [7, 11) is 2.94. The molecule has 90 valence electrons. The van der Waals surface area contributed by atoms with Crippen molar-refractivity contribution in [3.05, 3.63) is 0 Å². The Morgan fingerprint density at radius 3 is 1.87 bits per heavy atom. The van der Waals surface area contributed by atoms with Crippen LogP contribution in [0, 0.1) is 0 Å². The molecule has 15 heavy (non-hydrogen) atoms. The minimum absolute atomic E-state index is 0.201. The molecule has 4 radical (unpaired) electrons. The molecule has 0 atom stereocenters. The van der Waals surface area contributed by atoms with E-state index in [2.05, 4.69) is 43.3 Å². The third kappa shape index (κ3) is 12.7. The van der Waals surface area contributed by atoms with Gasteiger partial charge < -0.3 is 21.8 Å². The lowest BCUT2D eigenvalue weighted by atomic mass is 11.6. The molecule has 0 spiro atoms. The zero-order chi connectivity index (χ0) is 12.5. The van der Waals surface area contributed by atoms with Crippen LogP contribution in [0.1, 0.15) is 0 Å². The molecule has 0 aromatic carbocycles. The normalized spacial score (nSPS) is 11.6. The Balaban J connectivity index is 0. The van der Waals surface area contributed by atoms with Crippen LogP contribution in [0.15, 0.2) is 0 Å².